The Hall–Kier alpha value is 0.304. The molecule has 0 aliphatic carbocycles. The van der Waals surface area contributed by atoms with E-state index in [1.165, 1.54) is 13.8 Å². The summed E-state index contributed by atoms with van der Waals surface area (Å²) in [5, 5.41) is 8.95. The van der Waals surface area contributed by atoms with Gasteiger partial charge in [0.1, 0.15) is 0 Å². The fourth-order valence-corrected chi connectivity index (χ4v) is 1.25. The van der Waals surface area contributed by atoms with Gasteiger partial charge in [-0.3, -0.25) is 0 Å². The Morgan fingerprint density at radius 2 is 2.33 bits per heavy atom. The van der Waals surface area contributed by atoms with Crippen molar-refractivity contribution in [1.82, 2.24) is 0 Å². The van der Waals surface area contributed by atoms with Crippen LogP contribution in [0.3, 0.4) is 0 Å². The number of aliphatic hydroxyl groups is 1. The summed E-state index contributed by atoms with van der Waals surface area (Å²) < 4.78 is -0.588. The topological polar surface area (TPSA) is 63.3 Å². The van der Waals surface area contributed by atoms with Gasteiger partial charge >= 0.3 is 63.2 Å². The van der Waals surface area contributed by atoms with Gasteiger partial charge in [0.05, 0.1) is 0 Å². The van der Waals surface area contributed by atoms with Gasteiger partial charge in [-0.15, -0.1) is 0 Å². The van der Waals surface area contributed by atoms with E-state index in [4.69, 9.17) is 10.8 Å². The number of ketones is 1. The van der Waals surface area contributed by atoms with Gasteiger partial charge in [0, 0.05) is 0 Å². The Kier molecular flexibility index (Phi) is 3.58. The second-order valence-corrected chi connectivity index (χ2v) is 4.89. The van der Waals surface area contributed by atoms with Gasteiger partial charge in [-0.05, 0) is 0 Å². The van der Waals surface area contributed by atoms with E-state index in [2.05, 4.69) is 0 Å². The van der Waals surface area contributed by atoms with Crippen LogP contribution < -0.4 is 5.73 Å². The minimum atomic E-state index is -1.06. The molecule has 3 N–H and O–H groups in total. The number of carbonyl (C=O) groups is 1. The van der Waals surface area contributed by atoms with Crippen LogP contribution in [0.15, 0.2) is 0 Å². The first-order chi connectivity index (χ1) is 3.92. The zero-order chi connectivity index (χ0) is 7.49. The van der Waals surface area contributed by atoms with Crippen LogP contribution in [0.1, 0.15) is 13.8 Å². The van der Waals surface area contributed by atoms with Gasteiger partial charge in [0.25, 0.3) is 0 Å². The maximum absolute atomic E-state index is 10.4. The number of hydrogen-bond donors (Lipinski definition) is 2. The SMILES string of the molecule is CC(=O)[CH2][Ti][C](C)(N)O. The summed E-state index contributed by atoms with van der Waals surface area (Å²) in [6, 6.07) is 0. The molecule has 0 spiro atoms. The van der Waals surface area contributed by atoms with Gasteiger partial charge in [-0.1, -0.05) is 0 Å². The molecule has 52 valence electrons. The molecule has 0 aliphatic heterocycles. The fourth-order valence-electron chi connectivity index (χ4n) is 0.303. The molecule has 0 aromatic rings. The van der Waals surface area contributed by atoms with Crippen molar-refractivity contribution in [1.29, 1.82) is 0 Å². The summed E-state index contributed by atoms with van der Waals surface area (Å²) in [5.41, 5.74) is 5.24. The Balaban J connectivity index is 3.39. The molecule has 1 unspecified atom stereocenters. The Morgan fingerprint density at radius 3 is 2.44 bits per heavy atom. The van der Waals surface area contributed by atoms with Gasteiger partial charge < -0.3 is 0 Å². The molecule has 4 heteroatoms. The van der Waals surface area contributed by atoms with Crippen molar-refractivity contribution in [2.24, 2.45) is 5.73 Å². The minimum absolute atomic E-state index is 0.112. The van der Waals surface area contributed by atoms with Crippen LogP contribution >= 0.6 is 0 Å². The molecule has 9 heavy (non-hydrogen) atoms. The first kappa shape index (κ1) is 9.30. The Morgan fingerprint density at radius 1 is 1.89 bits per heavy atom. The average molecular weight is 165 g/mol. The zero-order valence-corrected chi connectivity index (χ0v) is 7.20. The fraction of sp³-hybridized carbons (Fsp3) is 0.800. The van der Waals surface area contributed by atoms with Crippen molar-refractivity contribution in [2.75, 3.05) is 0 Å². The molecule has 0 amide bonds. The van der Waals surface area contributed by atoms with Crippen molar-refractivity contribution < 1.29 is 29.1 Å². The molecule has 0 fully saturated rings. The molecular weight excluding hydrogens is 154 g/mol. The van der Waals surface area contributed by atoms with Crippen molar-refractivity contribution >= 4 is 5.78 Å². The third-order valence-corrected chi connectivity index (χ3v) is 2.87. The second-order valence-electron chi connectivity index (χ2n) is 2.20. The summed E-state index contributed by atoms with van der Waals surface area (Å²) in [7, 11) is 0. The van der Waals surface area contributed by atoms with Crippen LogP contribution in [0, 0.1) is 0 Å². The quantitative estimate of drug-likeness (QED) is 0.445. The van der Waals surface area contributed by atoms with Crippen molar-refractivity contribution in [2.45, 2.75) is 22.6 Å². The first-order valence-electron chi connectivity index (χ1n) is 2.67. The first-order valence-corrected chi connectivity index (χ1v) is 4.56. The molecule has 0 bridgehead atoms. The van der Waals surface area contributed by atoms with Gasteiger partial charge in [-0.2, -0.15) is 0 Å². The van der Waals surface area contributed by atoms with Crippen molar-refractivity contribution in [3.05, 3.63) is 0 Å². The predicted molar refractivity (Wildman–Crippen MR) is 30.3 cm³/mol. The third-order valence-electron chi connectivity index (χ3n) is 0.695. The molecule has 0 radical (unpaired) electrons. The van der Waals surface area contributed by atoms with Crippen LogP contribution in [0.4, 0.5) is 0 Å². The summed E-state index contributed by atoms with van der Waals surface area (Å²) in [6.45, 7) is 3.05. The molecule has 0 aliphatic rings. The standard InChI is InChI=1S/C3H5O.C2H6NO.Ti/c1-3(2)4;1-2(3)4;/h1H2,2H3;4H,3H2,1H3;. The van der Waals surface area contributed by atoms with E-state index < -0.39 is 23.2 Å². The number of hydrogen-bond acceptors (Lipinski definition) is 3. The van der Waals surface area contributed by atoms with E-state index >= 15 is 0 Å². The van der Waals surface area contributed by atoms with Crippen molar-refractivity contribution in [3.63, 3.8) is 0 Å². The number of nitrogens with two attached hydrogens (primary N) is 1. The summed E-state index contributed by atoms with van der Waals surface area (Å²) in [6.07, 6.45) is 0. The monoisotopic (exact) mass is 165 g/mol. The molecule has 0 heterocycles. The van der Waals surface area contributed by atoms with Crippen molar-refractivity contribution in [3.8, 4) is 0 Å². The van der Waals surface area contributed by atoms with Gasteiger partial charge in [-0.25, -0.2) is 0 Å². The molecule has 0 aromatic heterocycles. The third kappa shape index (κ3) is 8.30. The molecular formula is C5H11NO2Ti. The van der Waals surface area contributed by atoms with Crippen LogP contribution in [-0.2, 0) is 23.9 Å². The number of rotatable bonds is 3. The summed E-state index contributed by atoms with van der Waals surface area (Å²) in [4.78, 5) is 10.4. The van der Waals surface area contributed by atoms with Gasteiger partial charge in [0.15, 0.2) is 0 Å². The number of Topliss-reactive ketones (excluding diaryl/α,β-unsaturated/α-hetero) is 1. The van der Waals surface area contributed by atoms with Crippen LogP contribution in [0.2, 0.25) is 4.73 Å². The van der Waals surface area contributed by atoms with E-state index in [9.17, 15) is 4.79 Å². The zero-order valence-electron chi connectivity index (χ0n) is 5.64. The Bertz CT molecular complexity index is 108. The summed E-state index contributed by atoms with van der Waals surface area (Å²) >= 11 is -0.699. The second kappa shape index (κ2) is 3.47. The average Bonchev–Trinajstić information content (AvgIpc) is 1.59. The van der Waals surface area contributed by atoms with E-state index in [-0.39, 0.29) is 5.78 Å². The van der Waals surface area contributed by atoms with Gasteiger partial charge in [0.2, 0.25) is 0 Å². The molecule has 0 saturated heterocycles. The molecule has 3 nitrogen and oxygen atoms in total. The van der Waals surface area contributed by atoms with Crippen LogP contribution in [0.25, 0.3) is 0 Å². The molecule has 0 aromatic carbocycles. The van der Waals surface area contributed by atoms with E-state index in [0.717, 1.165) is 0 Å². The van der Waals surface area contributed by atoms with Crippen LogP contribution in [0.5, 0.6) is 0 Å². The number of carbonyl (C=O) groups excluding carboxylic acids is 1. The van der Waals surface area contributed by atoms with E-state index in [1.54, 1.807) is 0 Å². The molecule has 0 saturated carbocycles. The Labute approximate surface area is 63.5 Å². The molecule has 0 rings (SSSR count). The van der Waals surface area contributed by atoms with E-state index in [0.29, 0.717) is 4.73 Å². The maximum atomic E-state index is 10.4. The molecule has 1 atom stereocenters. The van der Waals surface area contributed by atoms with E-state index in [1.807, 2.05) is 0 Å². The predicted octanol–water partition coefficient (Wildman–Crippen LogP) is -0.299. The summed E-state index contributed by atoms with van der Waals surface area (Å²) in [5.74, 6) is 0.112. The van der Waals surface area contributed by atoms with Crippen LogP contribution in [-0.4, -0.2) is 14.9 Å². The normalized spacial score (nSPS) is 16.4.